The van der Waals surface area contributed by atoms with E-state index in [9.17, 15) is 14.9 Å². The molecule has 0 saturated heterocycles. The van der Waals surface area contributed by atoms with Crippen LogP contribution in [0.15, 0.2) is 18.2 Å². The van der Waals surface area contributed by atoms with Gasteiger partial charge in [-0.1, -0.05) is 11.3 Å². The van der Waals surface area contributed by atoms with Crippen molar-refractivity contribution in [3.05, 3.63) is 33.2 Å². The third-order valence-electron chi connectivity index (χ3n) is 2.63. The SMILES string of the molecule is COCCN(CCOC)C(=O)/C=C/c1ccc([N+](=O)[O-])s1. The van der Waals surface area contributed by atoms with Crippen LogP contribution in [0.5, 0.6) is 0 Å². The molecule has 116 valence electrons. The Bertz CT molecular complexity index is 493. The zero-order valence-electron chi connectivity index (χ0n) is 12.0. The summed E-state index contributed by atoms with van der Waals surface area (Å²) < 4.78 is 9.93. The molecule has 1 aromatic heterocycles. The normalized spacial score (nSPS) is 11.0. The summed E-state index contributed by atoms with van der Waals surface area (Å²) in [5.41, 5.74) is 0. The predicted molar refractivity (Wildman–Crippen MR) is 80.3 cm³/mol. The summed E-state index contributed by atoms with van der Waals surface area (Å²) in [6.45, 7) is 1.81. The molecule has 21 heavy (non-hydrogen) atoms. The highest BCUT2D eigenvalue weighted by atomic mass is 32.1. The van der Waals surface area contributed by atoms with Crippen molar-refractivity contribution in [3.8, 4) is 0 Å². The summed E-state index contributed by atoms with van der Waals surface area (Å²) >= 11 is 1.02. The molecule has 1 rings (SSSR count). The second-order valence-corrected chi connectivity index (χ2v) is 5.17. The maximum atomic E-state index is 12.1. The lowest BCUT2D eigenvalue weighted by Gasteiger charge is -2.20. The van der Waals surface area contributed by atoms with Crippen LogP contribution in [0.4, 0.5) is 5.00 Å². The average Bonchev–Trinajstić information content (AvgIpc) is 2.94. The quantitative estimate of drug-likeness (QED) is 0.394. The molecule has 0 spiro atoms. The lowest BCUT2D eigenvalue weighted by Crippen LogP contribution is -2.35. The van der Waals surface area contributed by atoms with E-state index < -0.39 is 4.92 Å². The second kappa shape index (κ2) is 9.22. The van der Waals surface area contributed by atoms with E-state index in [1.165, 1.54) is 12.1 Å². The summed E-state index contributed by atoms with van der Waals surface area (Å²) in [6.07, 6.45) is 2.98. The van der Waals surface area contributed by atoms with E-state index >= 15 is 0 Å². The molecule has 0 aliphatic rings. The van der Waals surface area contributed by atoms with E-state index in [4.69, 9.17) is 9.47 Å². The highest BCUT2D eigenvalue weighted by Gasteiger charge is 2.11. The van der Waals surface area contributed by atoms with E-state index in [-0.39, 0.29) is 10.9 Å². The first kappa shape index (κ1) is 17.3. The Morgan fingerprint density at radius 1 is 1.33 bits per heavy atom. The molecule has 8 heteroatoms. The van der Waals surface area contributed by atoms with Crippen LogP contribution in [-0.4, -0.2) is 56.3 Å². The maximum Gasteiger partial charge on any atom is 0.324 e. The minimum atomic E-state index is -0.451. The summed E-state index contributed by atoms with van der Waals surface area (Å²) in [5.74, 6) is -0.180. The molecule has 0 radical (unpaired) electrons. The first-order chi connectivity index (χ1) is 10.1. The summed E-state index contributed by atoms with van der Waals surface area (Å²) in [5, 5.41) is 10.6. The molecule has 7 nitrogen and oxygen atoms in total. The van der Waals surface area contributed by atoms with Crippen LogP contribution in [-0.2, 0) is 14.3 Å². The van der Waals surface area contributed by atoms with Crippen molar-refractivity contribution in [2.24, 2.45) is 0 Å². The van der Waals surface area contributed by atoms with Crippen molar-refractivity contribution in [1.29, 1.82) is 0 Å². The van der Waals surface area contributed by atoms with Crippen molar-refractivity contribution in [3.63, 3.8) is 0 Å². The first-order valence-corrected chi connectivity index (χ1v) is 7.09. The van der Waals surface area contributed by atoms with Gasteiger partial charge in [0.1, 0.15) is 0 Å². The Kier molecular flexibility index (Phi) is 7.59. The minimum absolute atomic E-state index is 0.0534. The molecule has 1 amide bonds. The lowest BCUT2D eigenvalue weighted by molar-refractivity contribution is -0.380. The van der Waals surface area contributed by atoms with Crippen molar-refractivity contribution >= 4 is 28.3 Å². The van der Waals surface area contributed by atoms with E-state index in [0.717, 1.165) is 11.3 Å². The number of hydrogen-bond acceptors (Lipinski definition) is 6. The molecule has 0 fully saturated rings. The van der Waals surface area contributed by atoms with Crippen LogP contribution in [0.1, 0.15) is 4.88 Å². The fourth-order valence-corrected chi connectivity index (χ4v) is 2.25. The zero-order chi connectivity index (χ0) is 15.7. The van der Waals surface area contributed by atoms with Gasteiger partial charge in [-0.3, -0.25) is 14.9 Å². The molecule has 0 saturated carbocycles. The highest BCUT2D eigenvalue weighted by molar-refractivity contribution is 7.16. The van der Waals surface area contributed by atoms with Crippen molar-refractivity contribution in [2.45, 2.75) is 0 Å². The van der Waals surface area contributed by atoms with Crippen LogP contribution in [0, 0.1) is 10.1 Å². The van der Waals surface area contributed by atoms with E-state index in [1.54, 1.807) is 31.3 Å². The number of amides is 1. The van der Waals surface area contributed by atoms with Gasteiger partial charge in [0, 0.05) is 44.3 Å². The number of methoxy groups -OCH3 is 2. The second-order valence-electron chi connectivity index (χ2n) is 4.08. The van der Waals surface area contributed by atoms with Gasteiger partial charge in [-0.15, -0.1) is 0 Å². The number of thiophene rings is 1. The molecule has 0 aliphatic heterocycles. The van der Waals surface area contributed by atoms with Crippen LogP contribution < -0.4 is 0 Å². The van der Waals surface area contributed by atoms with E-state index in [1.807, 2.05) is 0 Å². The summed E-state index contributed by atoms with van der Waals surface area (Å²) in [4.78, 5) is 24.5. The van der Waals surface area contributed by atoms with Crippen molar-refractivity contribution in [2.75, 3.05) is 40.5 Å². The molecule has 0 unspecified atom stereocenters. The van der Waals surface area contributed by atoms with Gasteiger partial charge in [-0.25, -0.2) is 0 Å². The third-order valence-corrected chi connectivity index (χ3v) is 3.63. The average molecular weight is 314 g/mol. The number of nitro groups is 1. The smallest absolute Gasteiger partial charge is 0.324 e. The standard InChI is InChI=1S/C13H18N2O5S/c1-19-9-7-14(8-10-20-2)12(16)5-3-11-4-6-13(21-11)15(17)18/h3-6H,7-10H2,1-2H3/b5-3+. The van der Waals surface area contributed by atoms with E-state index in [2.05, 4.69) is 0 Å². The van der Waals surface area contributed by atoms with Gasteiger partial charge in [0.05, 0.1) is 18.1 Å². The molecule has 1 aromatic rings. The number of carbonyl (C=O) groups is 1. The molecule has 0 aromatic carbocycles. The van der Waals surface area contributed by atoms with Gasteiger partial charge < -0.3 is 14.4 Å². The number of carbonyl (C=O) groups excluding carboxylic acids is 1. The molecule has 0 aliphatic carbocycles. The van der Waals surface area contributed by atoms with Gasteiger partial charge in [0.25, 0.3) is 0 Å². The Labute approximate surface area is 126 Å². The fraction of sp³-hybridized carbons (Fsp3) is 0.462. The van der Waals surface area contributed by atoms with Gasteiger partial charge in [0.2, 0.25) is 5.91 Å². The predicted octanol–water partition coefficient (Wildman–Crippen LogP) is 1.79. The Balaban J connectivity index is 2.64. The Hall–Kier alpha value is -1.77. The summed E-state index contributed by atoms with van der Waals surface area (Å²) in [7, 11) is 3.14. The number of rotatable bonds is 9. The lowest BCUT2D eigenvalue weighted by atomic mass is 10.3. The molecular formula is C13H18N2O5S. The van der Waals surface area contributed by atoms with E-state index in [0.29, 0.717) is 31.2 Å². The van der Waals surface area contributed by atoms with Gasteiger partial charge in [-0.2, -0.15) is 0 Å². The highest BCUT2D eigenvalue weighted by Crippen LogP contribution is 2.24. The van der Waals surface area contributed by atoms with Crippen LogP contribution in [0.25, 0.3) is 6.08 Å². The molecule has 1 heterocycles. The van der Waals surface area contributed by atoms with Gasteiger partial charge in [0.15, 0.2) is 0 Å². The zero-order valence-corrected chi connectivity index (χ0v) is 12.8. The number of hydrogen-bond donors (Lipinski definition) is 0. The topological polar surface area (TPSA) is 81.9 Å². The van der Waals surface area contributed by atoms with Gasteiger partial charge >= 0.3 is 5.00 Å². The largest absolute Gasteiger partial charge is 0.383 e. The van der Waals surface area contributed by atoms with Crippen molar-refractivity contribution in [1.82, 2.24) is 4.90 Å². The minimum Gasteiger partial charge on any atom is -0.383 e. The molecule has 0 N–H and O–H groups in total. The molecule has 0 atom stereocenters. The third kappa shape index (κ3) is 6.03. The van der Waals surface area contributed by atoms with Crippen LogP contribution in [0.2, 0.25) is 0 Å². The number of nitrogens with zero attached hydrogens (tertiary/aromatic N) is 2. The fourth-order valence-electron chi connectivity index (χ4n) is 1.52. The Morgan fingerprint density at radius 2 is 1.95 bits per heavy atom. The molecule has 0 bridgehead atoms. The van der Waals surface area contributed by atoms with Crippen LogP contribution in [0.3, 0.4) is 0 Å². The monoisotopic (exact) mass is 314 g/mol. The van der Waals surface area contributed by atoms with Crippen molar-refractivity contribution < 1.29 is 19.2 Å². The molecular weight excluding hydrogens is 296 g/mol. The number of ether oxygens (including phenoxy) is 2. The summed E-state index contributed by atoms with van der Waals surface area (Å²) in [6, 6.07) is 3.03. The van der Waals surface area contributed by atoms with Crippen LogP contribution >= 0.6 is 11.3 Å². The first-order valence-electron chi connectivity index (χ1n) is 6.27. The maximum absolute atomic E-state index is 12.1. The Morgan fingerprint density at radius 3 is 2.43 bits per heavy atom. The van der Waals surface area contributed by atoms with Gasteiger partial charge in [-0.05, 0) is 12.1 Å².